The van der Waals surface area contributed by atoms with Gasteiger partial charge in [0.2, 0.25) is 5.91 Å². The number of rotatable bonds is 9. The molecule has 6 heteroatoms. The van der Waals surface area contributed by atoms with Gasteiger partial charge >= 0.3 is 0 Å². The Morgan fingerprint density at radius 1 is 1.06 bits per heavy atom. The maximum absolute atomic E-state index is 13.1. The fourth-order valence-electron chi connectivity index (χ4n) is 4.12. The van der Waals surface area contributed by atoms with Gasteiger partial charge in [-0.3, -0.25) is 14.5 Å². The van der Waals surface area contributed by atoms with Crippen molar-refractivity contribution in [2.45, 2.75) is 51.7 Å². The minimum atomic E-state index is -0.542. The highest BCUT2D eigenvalue weighted by molar-refractivity contribution is 5.97. The molecule has 1 fully saturated rings. The molecule has 1 aliphatic heterocycles. The molecule has 1 heterocycles. The standard InChI is InChI=1S/C26H35N3O3/c1-4-19(2)24(28-25(30)20-10-6-5-7-11-20)26(31)27-22-14-16-29(17-15-22)18-21-12-8-9-13-23(21)32-3/h5-13,19,22,24H,4,14-18H2,1-3H3,(H,27,31)(H,28,30). The summed E-state index contributed by atoms with van der Waals surface area (Å²) in [5.74, 6) is 0.659. The van der Waals surface area contributed by atoms with Gasteiger partial charge < -0.3 is 15.4 Å². The second-order valence-electron chi connectivity index (χ2n) is 8.57. The normalized spacial score (nSPS) is 16.7. The summed E-state index contributed by atoms with van der Waals surface area (Å²) < 4.78 is 5.47. The zero-order chi connectivity index (χ0) is 22.9. The molecule has 2 atom stereocenters. The van der Waals surface area contributed by atoms with E-state index in [1.807, 2.05) is 50.2 Å². The average Bonchev–Trinajstić information content (AvgIpc) is 2.84. The highest BCUT2D eigenvalue weighted by atomic mass is 16.5. The Hall–Kier alpha value is -2.86. The van der Waals surface area contributed by atoms with Gasteiger partial charge in [0, 0.05) is 36.8 Å². The monoisotopic (exact) mass is 437 g/mol. The van der Waals surface area contributed by atoms with E-state index in [0.717, 1.165) is 44.6 Å². The Kier molecular flexibility index (Phi) is 8.68. The Labute approximate surface area is 191 Å². The number of hydrogen-bond acceptors (Lipinski definition) is 4. The first-order chi connectivity index (χ1) is 15.5. The van der Waals surface area contributed by atoms with Crippen molar-refractivity contribution in [2.24, 2.45) is 5.92 Å². The molecule has 32 heavy (non-hydrogen) atoms. The van der Waals surface area contributed by atoms with E-state index >= 15 is 0 Å². The lowest BCUT2D eigenvalue weighted by atomic mass is 9.96. The molecular formula is C26H35N3O3. The van der Waals surface area contributed by atoms with Crippen molar-refractivity contribution in [1.82, 2.24) is 15.5 Å². The van der Waals surface area contributed by atoms with Crippen molar-refractivity contribution in [3.8, 4) is 5.75 Å². The Morgan fingerprint density at radius 2 is 1.72 bits per heavy atom. The zero-order valence-electron chi connectivity index (χ0n) is 19.3. The van der Waals surface area contributed by atoms with Gasteiger partial charge in [0.25, 0.3) is 5.91 Å². The number of carbonyl (C=O) groups is 2. The van der Waals surface area contributed by atoms with Crippen LogP contribution in [-0.4, -0.2) is 49.0 Å². The number of nitrogens with one attached hydrogen (secondary N) is 2. The van der Waals surface area contributed by atoms with E-state index in [2.05, 4.69) is 21.6 Å². The quantitative estimate of drug-likeness (QED) is 0.629. The molecule has 2 N–H and O–H groups in total. The van der Waals surface area contributed by atoms with Gasteiger partial charge in [-0.05, 0) is 37.0 Å². The molecule has 172 valence electrons. The molecule has 2 unspecified atom stereocenters. The predicted octanol–water partition coefficient (Wildman–Crippen LogP) is 3.62. The maximum atomic E-state index is 13.1. The van der Waals surface area contributed by atoms with Crippen LogP contribution in [0.4, 0.5) is 0 Å². The summed E-state index contributed by atoms with van der Waals surface area (Å²) in [6.07, 6.45) is 2.59. The number of hydrogen-bond donors (Lipinski definition) is 2. The molecule has 1 saturated heterocycles. The van der Waals surface area contributed by atoms with Crippen LogP contribution in [0.2, 0.25) is 0 Å². The summed E-state index contributed by atoms with van der Waals surface area (Å²) >= 11 is 0. The van der Waals surface area contributed by atoms with Crippen molar-refractivity contribution < 1.29 is 14.3 Å². The van der Waals surface area contributed by atoms with Crippen LogP contribution in [0, 0.1) is 5.92 Å². The topological polar surface area (TPSA) is 70.7 Å². The molecule has 6 nitrogen and oxygen atoms in total. The first-order valence-corrected chi connectivity index (χ1v) is 11.5. The van der Waals surface area contributed by atoms with E-state index < -0.39 is 6.04 Å². The minimum Gasteiger partial charge on any atom is -0.496 e. The lowest BCUT2D eigenvalue weighted by Gasteiger charge is -2.34. The highest BCUT2D eigenvalue weighted by Crippen LogP contribution is 2.21. The Morgan fingerprint density at radius 3 is 2.38 bits per heavy atom. The number of piperidine rings is 1. The predicted molar refractivity (Wildman–Crippen MR) is 127 cm³/mol. The third-order valence-corrected chi connectivity index (χ3v) is 6.34. The van der Waals surface area contributed by atoms with E-state index in [0.29, 0.717) is 5.56 Å². The highest BCUT2D eigenvalue weighted by Gasteiger charge is 2.29. The number of nitrogens with zero attached hydrogens (tertiary/aromatic N) is 1. The second-order valence-corrected chi connectivity index (χ2v) is 8.57. The largest absolute Gasteiger partial charge is 0.496 e. The van der Waals surface area contributed by atoms with E-state index in [9.17, 15) is 9.59 Å². The van der Waals surface area contributed by atoms with Crippen molar-refractivity contribution in [3.63, 3.8) is 0 Å². The molecule has 2 aromatic carbocycles. The van der Waals surface area contributed by atoms with E-state index in [-0.39, 0.29) is 23.8 Å². The van der Waals surface area contributed by atoms with Crippen molar-refractivity contribution in [3.05, 3.63) is 65.7 Å². The Balaban J connectivity index is 1.54. The fourth-order valence-corrected chi connectivity index (χ4v) is 4.12. The maximum Gasteiger partial charge on any atom is 0.251 e. The lowest BCUT2D eigenvalue weighted by Crippen LogP contribution is -2.54. The first-order valence-electron chi connectivity index (χ1n) is 11.5. The summed E-state index contributed by atoms with van der Waals surface area (Å²) in [5.41, 5.74) is 1.75. The zero-order valence-corrected chi connectivity index (χ0v) is 19.3. The minimum absolute atomic E-state index is 0.0493. The molecule has 0 radical (unpaired) electrons. The van der Waals surface area contributed by atoms with Gasteiger partial charge in [-0.25, -0.2) is 0 Å². The number of carbonyl (C=O) groups excluding carboxylic acids is 2. The lowest BCUT2D eigenvalue weighted by molar-refractivity contribution is -0.125. The van der Waals surface area contributed by atoms with Crippen LogP contribution in [0.1, 0.15) is 49.0 Å². The fraction of sp³-hybridized carbons (Fsp3) is 0.462. The third kappa shape index (κ3) is 6.33. The molecule has 0 aliphatic carbocycles. The van der Waals surface area contributed by atoms with Gasteiger partial charge in [-0.15, -0.1) is 0 Å². The van der Waals surface area contributed by atoms with Crippen LogP contribution in [0.15, 0.2) is 54.6 Å². The van der Waals surface area contributed by atoms with E-state index in [1.165, 1.54) is 5.56 Å². The summed E-state index contributed by atoms with van der Waals surface area (Å²) in [6.45, 7) is 6.70. The first kappa shape index (κ1) is 23.8. The number of amides is 2. The summed E-state index contributed by atoms with van der Waals surface area (Å²) in [4.78, 5) is 28.1. The molecule has 0 spiro atoms. The molecule has 3 rings (SSSR count). The molecule has 0 saturated carbocycles. The van der Waals surface area contributed by atoms with Crippen LogP contribution in [0.5, 0.6) is 5.75 Å². The van der Waals surface area contributed by atoms with Crippen LogP contribution in [-0.2, 0) is 11.3 Å². The van der Waals surface area contributed by atoms with Crippen molar-refractivity contribution in [2.75, 3.05) is 20.2 Å². The second kappa shape index (κ2) is 11.7. The van der Waals surface area contributed by atoms with Gasteiger partial charge in [-0.1, -0.05) is 56.7 Å². The SMILES string of the molecule is CCC(C)C(NC(=O)c1ccccc1)C(=O)NC1CCN(Cc2ccccc2OC)CC1. The smallest absolute Gasteiger partial charge is 0.251 e. The van der Waals surface area contributed by atoms with Gasteiger partial charge in [0.05, 0.1) is 7.11 Å². The third-order valence-electron chi connectivity index (χ3n) is 6.34. The molecular weight excluding hydrogens is 402 g/mol. The summed E-state index contributed by atoms with van der Waals surface area (Å²) in [5, 5.41) is 6.15. The van der Waals surface area contributed by atoms with Crippen LogP contribution >= 0.6 is 0 Å². The molecule has 1 aliphatic rings. The molecule has 0 aromatic heterocycles. The Bertz CT molecular complexity index is 879. The van der Waals surface area contributed by atoms with Crippen LogP contribution in [0.3, 0.4) is 0 Å². The number of likely N-dealkylation sites (tertiary alicyclic amines) is 1. The average molecular weight is 438 g/mol. The van der Waals surface area contributed by atoms with Gasteiger partial charge in [-0.2, -0.15) is 0 Å². The molecule has 2 aromatic rings. The van der Waals surface area contributed by atoms with E-state index in [4.69, 9.17) is 4.74 Å². The van der Waals surface area contributed by atoms with Crippen LogP contribution < -0.4 is 15.4 Å². The van der Waals surface area contributed by atoms with Crippen LogP contribution in [0.25, 0.3) is 0 Å². The molecule has 2 amide bonds. The molecule has 0 bridgehead atoms. The number of ether oxygens (including phenoxy) is 1. The van der Waals surface area contributed by atoms with Crippen molar-refractivity contribution in [1.29, 1.82) is 0 Å². The van der Waals surface area contributed by atoms with Gasteiger partial charge in [0.15, 0.2) is 0 Å². The van der Waals surface area contributed by atoms with Gasteiger partial charge in [0.1, 0.15) is 11.8 Å². The summed E-state index contributed by atoms with van der Waals surface area (Å²) in [7, 11) is 1.70. The number of methoxy groups -OCH3 is 1. The summed E-state index contributed by atoms with van der Waals surface area (Å²) in [6, 6.07) is 16.7. The number of para-hydroxylation sites is 1. The van der Waals surface area contributed by atoms with E-state index in [1.54, 1.807) is 19.2 Å². The number of benzene rings is 2. The van der Waals surface area contributed by atoms with Crippen molar-refractivity contribution >= 4 is 11.8 Å².